The van der Waals surface area contributed by atoms with Crippen LogP contribution in [0.1, 0.15) is 18.9 Å². The van der Waals surface area contributed by atoms with Crippen molar-refractivity contribution < 1.29 is 19.4 Å². The molecule has 0 saturated heterocycles. The van der Waals surface area contributed by atoms with Crippen LogP contribution in [0.2, 0.25) is 0 Å². The summed E-state index contributed by atoms with van der Waals surface area (Å²) >= 11 is 1.11. The van der Waals surface area contributed by atoms with E-state index in [2.05, 4.69) is 0 Å². The Morgan fingerprint density at radius 3 is 2.48 bits per heavy atom. The number of carbonyl (C=O) groups excluding carboxylic acids is 1. The lowest BCUT2D eigenvalue weighted by Gasteiger charge is -2.03. The minimum absolute atomic E-state index is 0.0633. The molecule has 0 radical (unpaired) electrons. The van der Waals surface area contributed by atoms with E-state index >= 15 is 0 Å². The molecule has 0 aromatic heterocycles. The zero-order valence-corrected chi connectivity index (χ0v) is 12.9. The van der Waals surface area contributed by atoms with Crippen LogP contribution in [0.15, 0.2) is 42.0 Å². The Morgan fingerprint density at radius 1 is 1.29 bits per heavy atom. The summed E-state index contributed by atoms with van der Waals surface area (Å²) in [4.78, 5) is 22.5. The van der Waals surface area contributed by atoms with Gasteiger partial charge in [-0.2, -0.15) is 0 Å². The van der Waals surface area contributed by atoms with Gasteiger partial charge < -0.3 is 9.84 Å². The third-order valence-corrected chi connectivity index (χ3v) is 3.48. The van der Waals surface area contributed by atoms with E-state index < -0.39 is 5.97 Å². The number of carboxylic acid groups (broad SMARTS) is 1. The van der Waals surface area contributed by atoms with Crippen molar-refractivity contribution in [3.05, 3.63) is 47.6 Å². The van der Waals surface area contributed by atoms with Gasteiger partial charge in [0.2, 0.25) is 5.12 Å². The van der Waals surface area contributed by atoms with Gasteiger partial charge in [-0.15, -0.1) is 0 Å². The quantitative estimate of drug-likeness (QED) is 0.782. The smallest absolute Gasteiger partial charge is 0.331 e. The van der Waals surface area contributed by atoms with Gasteiger partial charge in [0.15, 0.2) is 0 Å². The average Bonchev–Trinajstić information content (AvgIpc) is 2.47. The molecule has 0 unspecified atom stereocenters. The summed E-state index contributed by atoms with van der Waals surface area (Å²) < 4.78 is 5.05. The Kier molecular flexibility index (Phi) is 7.32. The lowest BCUT2D eigenvalue weighted by molar-refractivity contribution is -0.132. The van der Waals surface area contributed by atoms with Crippen LogP contribution in [0.25, 0.3) is 6.08 Å². The first-order valence-corrected chi connectivity index (χ1v) is 7.42. The normalized spacial score (nSPS) is 11.6. The first-order chi connectivity index (χ1) is 10.1. The standard InChI is InChI=1S/C16H18O4S/c1-3-4-15(17)21-10-9-13(16(18)19)11-12-5-7-14(20-2)8-6-12/h3-8,11H,9-10H2,1-2H3,(H,18,19)/b4-3+,13-11?. The van der Waals surface area contributed by atoms with Crippen molar-refractivity contribution in [2.45, 2.75) is 13.3 Å². The maximum Gasteiger partial charge on any atom is 0.331 e. The van der Waals surface area contributed by atoms with Crippen molar-refractivity contribution in [2.24, 2.45) is 0 Å². The molecule has 0 aliphatic heterocycles. The van der Waals surface area contributed by atoms with Gasteiger partial charge in [-0.05, 0) is 43.2 Å². The summed E-state index contributed by atoms with van der Waals surface area (Å²) in [6.45, 7) is 1.77. The number of carboxylic acids is 1. The molecule has 1 aromatic rings. The van der Waals surface area contributed by atoms with Crippen LogP contribution in [0.3, 0.4) is 0 Å². The van der Waals surface area contributed by atoms with Crippen molar-refractivity contribution in [2.75, 3.05) is 12.9 Å². The summed E-state index contributed by atoms with van der Waals surface area (Å²) in [5.41, 5.74) is 1.07. The highest BCUT2D eigenvalue weighted by Gasteiger charge is 2.08. The molecule has 21 heavy (non-hydrogen) atoms. The maximum absolute atomic E-state index is 11.3. The van der Waals surface area contributed by atoms with Gasteiger partial charge in [-0.3, -0.25) is 4.79 Å². The van der Waals surface area contributed by atoms with Crippen molar-refractivity contribution in [1.29, 1.82) is 0 Å². The van der Waals surface area contributed by atoms with Crippen LogP contribution in [0.4, 0.5) is 0 Å². The van der Waals surface area contributed by atoms with Gasteiger partial charge in [-0.1, -0.05) is 30.0 Å². The Labute approximate surface area is 128 Å². The zero-order chi connectivity index (χ0) is 15.7. The number of thioether (sulfide) groups is 1. The molecule has 5 heteroatoms. The van der Waals surface area contributed by atoms with Gasteiger partial charge in [0.25, 0.3) is 0 Å². The number of aliphatic carboxylic acids is 1. The number of methoxy groups -OCH3 is 1. The van der Waals surface area contributed by atoms with Gasteiger partial charge >= 0.3 is 5.97 Å². The van der Waals surface area contributed by atoms with Crippen molar-refractivity contribution in [3.63, 3.8) is 0 Å². The number of allylic oxidation sites excluding steroid dienone is 1. The highest BCUT2D eigenvalue weighted by molar-refractivity contribution is 8.14. The van der Waals surface area contributed by atoms with Crippen LogP contribution in [0, 0.1) is 0 Å². The Hall–Kier alpha value is -2.01. The van der Waals surface area contributed by atoms with Crippen LogP contribution in [-0.2, 0) is 9.59 Å². The SMILES string of the molecule is C/C=C/C(=O)SCCC(=Cc1ccc(OC)cc1)C(=O)O. The molecule has 1 N–H and O–H groups in total. The Balaban J connectivity index is 2.69. The maximum atomic E-state index is 11.3. The second-order valence-corrected chi connectivity index (χ2v) is 5.26. The first kappa shape index (κ1) is 17.0. The van der Waals surface area contributed by atoms with Crippen molar-refractivity contribution >= 4 is 28.9 Å². The fraction of sp³-hybridized carbons (Fsp3) is 0.250. The average molecular weight is 306 g/mol. The molecule has 0 aliphatic rings. The molecular formula is C16H18O4S. The molecular weight excluding hydrogens is 288 g/mol. The summed E-state index contributed by atoms with van der Waals surface area (Å²) in [5.74, 6) is 0.193. The van der Waals surface area contributed by atoms with Crippen LogP contribution in [0.5, 0.6) is 5.75 Å². The highest BCUT2D eigenvalue weighted by atomic mass is 32.2. The minimum atomic E-state index is -0.968. The molecule has 0 aliphatic carbocycles. The molecule has 0 fully saturated rings. The van der Waals surface area contributed by atoms with Crippen LogP contribution < -0.4 is 4.74 Å². The van der Waals surface area contributed by atoms with Crippen LogP contribution in [-0.4, -0.2) is 29.1 Å². The third-order valence-electron chi connectivity index (χ3n) is 2.65. The molecule has 4 nitrogen and oxygen atoms in total. The zero-order valence-electron chi connectivity index (χ0n) is 12.0. The van der Waals surface area contributed by atoms with Gasteiger partial charge in [0.05, 0.1) is 7.11 Å². The van der Waals surface area contributed by atoms with Crippen molar-refractivity contribution in [1.82, 2.24) is 0 Å². The van der Waals surface area contributed by atoms with E-state index in [0.717, 1.165) is 23.1 Å². The molecule has 0 heterocycles. The lowest BCUT2D eigenvalue weighted by atomic mass is 10.1. The molecule has 112 valence electrons. The van der Waals surface area contributed by atoms with Gasteiger partial charge in [-0.25, -0.2) is 4.79 Å². The highest BCUT2D eigenvalue weighted by Crippen LogP contribution is 2.17. The molecule has 1 rings (SSSR count). The second-order valence-electron chi connectivity index (χ2n) is 4.17. The van der Waals surface area contributed by atoms with E-state index in [9.17, 15) is 14.7 Å². The number of rotatable bonds is 7. The monoisotopic (exact) mass is 306 g/mol. The molecule has 0 spiro atoms. The van der Waals surface area contributed by atoms with Crippen molar-refractivity contribution in [3.8, 4) is 5.75 Å². The number of benzene rings is 1. The number of hydrogen-bond donors (Lipinski definition) is 1. The summed E-state index contributed by atoms with van der Waals surface area (Å²) in [5, 5.41) is 9.14. The predicted octanol–water partition coefficient (Wildman–Crippen LogP) is 3.39. The van der Waals surface area contributed by atoms with E-state index in [1.54, 1.807) is 50.5 Å². The second kappa shape index (κ2) is 9.02. The molecule has 0 saturated carbocycles. The van der Waals surface area contributed by atoms with Gasteiger partial charge in [0, 0.05) is 11.3 Å². The summed E-state index contributed by atoms with van der Waals surface area (Å²) in [7, 11) is 1.58. The van der Waals surface area contributed by atoms with E-state index in [1.807, 2.05) is 0 Å². The first-order valence-electron chi connectivity index (χ1n) is 6.44. The number of ether oxygens (including phenoxy) is 1. The van der Waals surface area contributed by atoms with E-state index in [4.69, 9.17) is 4.74 Å². The molecule has 0 atom stereocenters. The Bertz CT molecular complexity index is 544. The third kappa shape index (κ3) is 6.31. The molecule has 0 bridgehead atoms. The van der Waals surface area contributed by atoms with Gasteiger partial charge in [0.1, 0.15) is 5.75 Å². The summed E-state index contributed by atoms with van der Waals surface area (Å²) in [6.07, 6.45) is 5.08. The predicted molar refractivity (Wildman–Crippen MR) is 85.5 cm³/mol. The van der Waals surface area contributed by atoms with E-state index in [0.29, 0.717) is 12.2 Å². The fourth-order valence-corrected chi connectivity index (χ4v) is 2.34. The number of carbonyl (C=O) groups is 2. The van der Waals surface area contributed by atoms with E-state index in [1.165, 1.54) is 6.08 Å². The van der Waals surface area contributed by atoms with E-state index in [-0.39, 0.29) is 10.7 Å². The molecule has 0 amide bonds. The fourth-order valence-electron chi connectivity index (χ4n) is 1.59. The largest absolute Gasteiger partial charge is 0.497 e. The summed E-state index contributed by atoms with van der Waals surface area (Å²) in [6, 6.07) is 7.13. The lowest BCUT2D eigenvalue weighted by Crippen LogP contribution is -2.02. The van der Waals surface area contributed by atoms with Crippen LogP contribution >= 0.6 is 11.8 Å². The topological polar surface area (TPSA) is 63.6 Å². The number of hydrogen-bond acceptors (Lipinski definition) is 4. The minimum Gasteiger partial charge on any atom is -0.497 e. The Morgan fingerprint density at radius 2 is 1.95 bits per heavy atom. The molecule has 1 aromatic carbocycles.